The Morgan fingerprint density at radius 3 is 2.95 bits per heavy atom. The van der Waals surface area contributed by atoms with Crippen molar-refractivity contribution in [2.45, 2.75) is 12.4 Å². The molecule has 0 unspecified atom stereocenters. The zero-order valence-corrected chi connectivity index (χ0v) is 11.0. The van der Waals surface area contributed by atoms with Gasteiger partial charge < -0.3 is 14.1 Å². The van der Waals surface area contributed by atoms with Crippen LogP contribution >= 0.6 is 11.6 Å². The quantitative estimate of drug-likeness (QED) is 0.747. The molecule has 0 saturated heterocycles. The van der Waals surface area contributed by atoms with E-state index in [0.29, 0.717) is 29.3 Å². The number of halogens is 1. The minimum atomic E-state index is -0.983. The smallest absolute Gasteiger partial charge is 0.335 e. The fourth-order valence-corrected chi connectivity index (χ4v) is 2.25. The van der Waals surface area contributed by atoms with Crippen molar-refractivity contribution in [3.63, 3.8) is 0 Å². The third kappa shape index (κ3) is 2.14. The molecule has 0 atom stereocenters. The van der Waals surface area contributed by atoms with Gasteiger partial charge in [0.25, 0.3) is 0 Å². The molecule has 7 heteroatoms. The molecule has 1 N–H and O–H groups in total. The van der Waals surface area contributed by atoms with E-state index in [2.05, 4.69) is 9.97 Å². The molecule has 0 aliphatic rings. The molecule has 2 heterocycles. The van der Waals surface area contributed by atoms with Crippen LogP contribution in [-0.4, -0.2) is 25.6 Å². The molecule has 3 rings (SSSR count). The van der Waals surface area contributed by atoms with Crippen molar-refractivity contribution in [3.05, 3.63) is 47.9 Å². The van der Waals surface area contributed by atoms with Crippen molar-refractivity contribution in [2.24, 2.45) is 0 Å². The topological polar surface area (TPSA) is 81.1 Å². The maximum Gasteiger partial charge on any atom is 0.335 e. The predicted octanol–water partition coefficient (Wildman–Crippen LogP) is 2.51. The lowest BCUT2D eigenvalue weighted by Crippen LogP contribution is -2.04. The summed E-state index contributed by atoms with van der Waals surface area (Å²) < 4.78 is 7.02. The molecule has 0 aliphatic carbocycles. The van der Waals surface area contributed by atoms with E-state index in [4.69, 9.17) is 21.1 Å². The minimum absolute atomic E-state index is 0.201. The molecule has 1 aromatic carbocycles. The number of carboxylic acids is 1. The van der Waals surface area contributed by atoms with Gasteiger partial charge in [-0.15, -0.1) is 11.6 Å². The Labute approximate surface area is 118 Å². The highest BCUT2D eigenvalue weighted by atomic mass is 35.5. The summed E-state index contributed by atoms with van der Waals surface area (Å²) in [5.41, 5.74) is 1.59. The zero-order chi connectivity index (χ0) is 14.1. The lowest BCUT2D eigenvalue weighted by atomic mass is 10.2. The van der Waals surface area contributed by atoms with Crippen molar-refractivity contribution in [1.29, 1.82) is 0 Å². The molecule has 102 valence electrons. The Kier molecular flexibility index (Phi) is 3.15. The van der Waals surface area contributed by atoms with Gasteiger partial charge in [-0.2, -0.15) is 0 Å². The Morgan fingerprint density at radius 2 is 2.30 bits per heavy atom. The maximum absolute atomic E-state index is 11.1. The van der Waals surface area contributed by atoms with Gasteiger partial charge in [0.1, 0.15) is 18.6 Å². The number of carbonyl (C=O) groups is 1. The largest absolute Gasteiger partial charge is 0.478 e. The van der Waals surface area contributed by atoms with Crippen molar-refractivity contribution in [2.75, 3.05) is 0 Å². The second-order valence-electron chi connectivity index (χ2n) is 4.18. The van der Waals surface area contributed by atoms with Crippen LogP contribution in [-0.2, 0) is 12.4 Å². The first kappa shape index (κ1) is 12.7. The Balaban J connectivity index is 2.15. The number of hydrogen-bond acceptors (Lipinski definition) is 4. The second kappa shape index (κ2) is 4.97. The Hall–Kier alpha value is -2.34. The predicted molar refractivity (Wildman–Crippen MR) is 71.9 cm³/mol. The number of benzene rings is 1. The van der Waals surface area contributed by atoms with Crippen LogP contribution in [0.25, 0.3) is 11.0 Å². The van der Waals surface area contributed by atoms with Crippen LogP contribution in [0.2, 0.25) is 0 Å². The molecule has 0 aliphatic heterocycles. The normalized spacial score (nSPS) is 11.1. The molecule has 0 fully saturated rings. The first-order valence-electron chi connectivity index (χ1n) is 5.86. The lowest BCUT2D eigenvalue weighted by Gasteiger charge is -2.05. The number of oxazole rings is 1. The molecular formula is C13H10ClN3O3. The number of aromatic carboxylic acids is 1. The summed E-state index contributed by atoms with van der Waals surface area (Å²) in [6, 6.07) is 4.76. The first-order valence-corrected chi connectivity index (χ1v) is 6.39. The average Bonchev–Trinajstić information content (AvgIpc) is 3.06. The number of nitrogens with zero attached hydrogens (tertiary/aromatic N) is 3. The third-order valence-electron chi connectivity index (χ3n) is 2.97. The van der Waals surface area contributed by atoms with Crippen LogP contribution in [0.15, 0.2) is 35.1 Å². The molecule has 0 spiro atoms. The summed E-state index contributed by atoms with van der Waals surface area (Å²) >= 11 is 5.90. The standard InChI is InChI=1S/C13H10ClN3O3/c14-6-11-16-9-2-1-8(13(18)19)5-10(9)17(11)7-12-15-3-4-20-12/h1-5H,6-7H2,(H,18,19). The fraction of sp³-hybridized carbons (Fsp3) is 0.154. The van der Waals surface area contributed by atoms with Crippen LogP contribution in [0.4, 0.5) is 0 Å². The molecular weight excluding hydrogens is 282 g/mol. The van der Waals surface area contributed by atoms with Crippen LogP contribution in [0.1, 0.15) is 22.1 Å². The minimum Gasteiger partial charge on any atom is -0.478 e. The average molecular weight is 292 g/mol. The van der Waals surface area contributed by atoms with Crippen molar-refractivity contribution < 1.29 is 14.3 Å². The van der Waals surface area contributed by atoms with E-state index in [1.54, 1.807) is 22.9 Å². The molecule has 6 nitrogen and oxygen atoms in total. The highest BCUT2D eigenvalue weighted by Crippen LogP contribution is 2.20. The fourth-order valence-electron chi connectivity index (χ4n) is 2.05. The monoisotopic (exact) mass is 291 g/mol. The highest BCUT2D eigenvalue weighted by molar-refractivity contribution is 6.16. The maximum atomic E-state index is 11.1. The molecule has 0 bridgehead atoms. The highest BCUT2D eigenvalue weighted by Gasteiger charge is 2.14. The number of rotatable bonds is 4. The van der Waals surface area contributed by atoms with E-state index >= 15 is 0 Å². The Morgan fingerprint density at radius 1 is 1.45 bits per heavy atom. The second-order valence-corrected chi connectivity index (χ2v) is 4.45. The summed E-state index contributed by atoms with van der Waals surface area (Å²) in [4.78, 5) is 19.5. The van der Waals surface area contributed by atoms with Gasteiger partial charge in [0, 0.05) is 0 Å². The van der Waals surface area contributed by atoms with Crippen molar-refractivity contribution in [1.82, 2.24) is 14.5 Å². The number of alkyl halides is 1. The zero-order valence-electron chi connectivity index (χ0n) is 10.3. The van der Waals surface area contributed by atoms with Crippen LogP contribution < -0.4 is 0 Å². The van der Waals surface area contributed by atoms with Gasteiger partial charge in [-0.25, -0.2) is 14.8 Å². The van der Waals surface area contributed by atoms with E-state index in [1.165, 1.54) is 12.3 Å². The van der Waals surface area contributed by atoms with Gasteiger partial charge in [0.15, 0.2) is 0 Å². The van der Waals surface area contributed by atoms with E-state index in [9.17, 15) is 4.79 Å². The third-order valence-corrected chi connectivity index (χ3v) is 3.21. The molecule has 20 heavy (non-hydrogen) atoms. The number of carboxylic acid groups (broad SMARTS) is 1. The molecule has 0 radical (unpaired) electrons. The number of imidazole rings is 1. The summed E-state index contributed by atoms with van der Waals surface area (Å²) in [6.45, 7) is 0.356. The first-order chi connectivity index (χ1) is 9.69. The van der Waals surface area contributed by atoms with Gasteiger partial charge in [-0.1, -0.05) is 0 Å². The van der Waals surface area contributed by atoms with Gasteiger partial charge in [-0.3, -0.25) is 0 Å². The van der Waals surface area contributed by atoms with Crippen LogP contribution in [0, 0.1) is 0 Å². The summed E-state index contributed by atoms with van der Waals surface area (Å²) in [6.07, 6.45) is 3.04. The SMILES string of the molecule is O=C(O)c1ccc2nc(CCl)n(Cc3ncco3)c2c1. The van der Waals surface area contributed by atoms with Gasteiger partial charge in [-0.05, 0) is 18.2 Å². The van der Waals surface area contributed by atoms with E-state index in [1.807, 2.05) is 0 Å². The summed E-state index contributed by atoms with van der Waals surface area (Å²) in [7, 11) is 0. The number of aromatic nitrogens is 3. The Bertz CT molecular complexity index is 765. The van der Waals surface area contributed by atoms with E-state index in [-0.39, 0.29) is 11.4 Å². The number of fused-ring (bicyclic) bond motifs is 1. The molecule has 0 saturated carbocycles. The van der Waals surface area contributed by atoms with E-state index in [0.717, 1.165) is 0 Å². The molecule has 2 aromatic heterocycles. The van der Waals surface area contributed by atoms with Crippen molar-refractivity contribution >= 4 is 28.6 Å². The number of hydrogen-bond donors (Lipinski definition) is 1. The van der Waals surface area contributed by atoms with Gasteiger partial charge in [0.05, 0.1) is 28.7 Å². The summed E-state index contributed by atoms with van der Waals surface area (Å²) in [5, 5.41) is 9.07. The molecule has 3 aromatic rings. The van der Waals surface area contributed by atoms with Crippen LogP contribution in [0.5, 0.6) is 0 Å². The van der Waals surface area contributed by atoms with Gasteiger partial charge >= 0.3 is 5.97 Å². The van der Waals surface area contributed by atoms with Gasteiger partial charge in [0.2, 0.25) is 5.89 Å². The van der Waals surface area contributed by atoms with E-state index < -0.39 is 5.97 Å². The van der Waals surface area contributed by atoms with Crippen LogP contribution in [0.3, 0.4) is 0 Å². The van der Waals surface area contributed by atoms with Crippen molar-refractivity contribution in [3.8, 4) is 0 Å². The lowest BCUT2D eigenvalue weighted by molar-refractivity contribution is 0.0697. The summed E-state index contributed by atoms with van der Waals surface area (Å²) in [5.74, 6) is 0.389. The molecule has 0 amide bonds.